The van der Waals surface area contributed by atoms with Crippen LogP contribution in [0.2, 0.25) is 0 Å². The lowest BCUT2D eigenvalue weighted by Gasteiger charge is -2.27. The zero-order valence-corrected chi connectivity index (χ0v) is 15.6. The molecule has 1 saturated carbocycles. The SMILES string of the molecule is C=CC1c2c3cccc4c3c(c3cccc(c23)=CC1C)=CC1(C=C4)CC1=C. The fourth-order valence-electron chi connectivity index (χ4n) is 5.40. The van der Waals surface area contributed by atoms with Crippen molar-refractivity contribution in [3.05, 3.63) is 88.8 Å². The van der Waals surface area contributed by atoms with E-state index in [9.17, 15) is 0 Å². The van der Waals surface area contributed by atoms with Crippen LogP contribution in [0, 0.1) is 11.3 Å². The summed E-state index contributed by atoms with van der Waals surface area (Å²) in [6.07, 6.45) is 12.8. The molecule has 0 nitrogen and oxygen atoms in total. The van der Waals surface area contributed by atoms with Gasteiger partial charge >= 0.3 is 0 Å². The maximum absolute atomic E-state index is 4.29. The second-order valence-electron chi connectivity index (χ2n) is 8.45. The van der Waals surface area contributed by atoms with E-state index in [1.807, 2.05) is 0 Å². The second-order valence-corrected chi connectivity index (χ2v) is 8.45. The first-order valence-corrected chi connectivity index (χ1v) is 9.85. The summed E-state index contributed by atoms with van der Waals surface area (Å²) in [5.74, 6) is 0.807. The molecule has 0 saturated heterocycles. The van der Waals surface area contributed by atoms with Crippen LogP contribution in [0.1, 0.15) is 30.4 Å². The largest absolute Gasteiger partial charge is 0.102 e. The van der Waals surface area contributed by atoms with Gasteiger partial charge in [-0.3, -0.25) is 0 Å². The molecule has 0 heteroatoms. The van der Waals surface area contributed by atoms with Crippen molar-refractivity contribution in [2.24, 2.45) is 11.3 Å². The molecule has 1 spiro atoms. The monoisotopic (exact) mass is 346 g/mol. The fourth-order valence-corrected chi connectivity index (χ4v) is 5.40. The zero-order chi connectivity index (χ0) is 18.3. The lowest BCUT2D eigenvalue weighted by atomic mass is 9.76. The van der Waals surface area contributed by atoms with E-state index >= 15 is 0 Å². The molecule has 3 aliphatic rings. The Morgan fingerprint density at radius 3 is 2.63 bits per heavy atom. The summed E-state index contributed by atoms with van der Waals surface area (Å²) in [4.78, 5) is 0. The van der Waals surface area contributed by atoms with Crippen LogP contribution in [0.3, 0.4) is 0 Å². The third-order valence-electron chi connectivity index (χ3n) is 6.91. The van der Waals surface area contributed by atoms with Gasteiger partial charge in [0.25, 0.3) is 0 Å². The minimum absolute atomic E-state index is 0.0510. The molecule has 27 heavy (non-hydrogen) atoms. The van der Waals surface area contributed by atoms with Crippen LogP contribution < -0.4 is 10.4 Å². The van der Waals surface area contributed by atoms with Gasteiger partial charge in [-0.15, -0.1) is 6.58 Å². The van der Waals surface area contributed by atoms with E-state index in [1.54, 1.807) is 0 Å². The molecule has 0 aromatic heterocycles. The van der Waals surface area contributed by atoms with Gasteiger partial charge in [-0.05, 0) is 55.4 Å². The summed E-state index contributed by atoms with van der Waals surface area (Å²) >= 11 is 0. The van der Waals surface area contributed by atoms with Crippen LogP contribution in [0.4, 0.5) is 0 Å². The van der Waals surface area contributed by atoms with Crippen molar-refractivity contribution < 1.29 is 0 Å². The van der Waals surface area contributed by atoms with Crippen LogP contribution in [-0.4, -0.2) is 0 Å². The highest BCUT2D eigenvalue weighted by Gasteiger charge is 2.43. The van der Waals surface area contributed by atoms with Gasteiger partial charge in [0, 0.05) is 11.3 Å². The van der Waals surface area contributed by atoms with Gasteiger partial charge in [0.1, 0.15) is 0 Å². The predicted molar refractivity (Wildman–Crippen MR) is 117 cm³/mol. The van der Waals surface area contributed by atoms with Gasteiger partial charge in [0.15, 0.2) is 0 Å². The van der Waals surface area contributed by atoms with E-state index in [1.165, 1.54) is 48.7 Å². The number of hydrogen-bond donors (Lipinski definition) is 0. The van der Waals surface area contributed by atoms with E-state index in [-0.39, 0.29) is 5.41 Å². The summed E-state index contributed by atoms with van der Waals surface area (Å²) in [6, 6.07) is 13.6. The normalized spacial score (nSPS) is 27.4. The quantitative estimate of drug-likeness (QED) is 0.406. The van der Waals surface area contributed by atoms with E-state index in [2.05, 4.69) is 86.9 Å². The molecule has 130 valence electrons. The molecule has 6 rings (SSSR count). The lowest BCUT2D eigenvalue weighted by Crippen LogP contribution is -2.23. The first-order valence-electron chi connectivity index (χ1n) is 9.85. The standard InChI is InChI=1S/C27H22/c1-4-20-16(2)13-19-8-6-9-21-23-15-27(14-17(27)3)12-11-18-7-5-10-22(24(18)23)26(20)25(19)21/h4-13,15-16,20H,1,3,14H2,2H3. The van der Waals surface area contributed by atoms with Crippen LogP contribution in [-0.2, 0) is 0 Å². The first-order chi connectivity index (χ1) is 13.1. The van der Waals surface area contributed by atoms with Gasteiger partial charge in [-0.1, -0.05) is 85.9 Å². The molecule has 3 aromatic carbocycles. The molecule has 3 aliphatic carbocycles. The highest BCUT2D eigenvalue weighted by molar-refractivity contribution is 6.08. The van der Waals surface area contributed by atoms with Gasteiger partial charge in [-0.25, -0.2) is 0 Å². The molecule has 0 radical (unpaired) electrons. The number of allylic oxidation sites excluding steroid dienone is 3. The second kappa shape index (κ2) is 4.89. The van der Waals surface area contributed by atoms with Crippen molar-refractivity contribution in [1.82, 2.24) is 0 Å². The maximum Gasteiger partial charge on any atom is 0.0319 e. The Bertz CT molecular complexity index is 1350. The minimum Gasteiger partial charge on any atom is -0.102 e. The van der Waals surface area contributed by atoms with E-state index in [0.29, 0.717) is 11.8 Å². The molecule has 0 heterocycles. The van der Waals surface area contributed by atoms with Gasteiger partial charge in [0.2, 0.25) is 0 Å². The van der Waals surface area contributed by atoms with Crippen molar-refractivity contribution in [2.75, 3.05) is 0 Å². The van der Waals surface area contributed by atoms with Crippen molar-refractivity contribution in [1.29, 1.82) is 0 Å². The van der Waals surface area contributed by atoms with Crippen molar-refractivity contribution in [3.8, 4) is 0 Å². The van der Waals surface area contributed by atoms with Crippen LogP contribution in [0.5, 0.6) is 0 Å². The van der Waals surface area contributed by atoms with E-state index < -0.39 is 0 Å². The van der Waals surface area contributed by atoms with Crippen molar-refractivity contribution in [2.45, 2.75) is 19.3 Å². The Hall–Kier alpha value is -2.86. The molecule has 0 bridgehead atoms. The summed E-state index contributed by atoms with van der Waals surface area (Å²) in [5, 5.41) is 8.32. The summed E-state index contributed by atoms with van der Waals surface area (Å²) in [7, 11) is 0. The molecule has 0 N–H and O–H groups in total. The summed E-state index contributed by atoms with van der Waals surface area (Å²) < 4.78 is 0. The average molecular weight is 346 g/mol. The van der Waals surface area contributed by atoms with Crippen LogP contribution in [0.25, 0.3) is 39.8 Å². The number of fused-ring (bicyclic) bond motifs is 2. The van der Waals surface area contributed by atoms with Crippen LogP contribution >= 0.6 is 0 Å². The third-order valence-corrected chi connectivity index (χ3v) is 6.91. The molecule has 0 amide bonds. The van der Waals surface area contributed by atoms with Crippen molar-refractivity contribution >= 4 is 39.8 Å². The van der Waals surface area contributed by atoms with Gasteiger partial charge in [0.05, 0.1) is 0 Å². The third kappa shape index (κ3) is 1.83. The van der Waals surface area contributed by atoms with Crippen molar-refractivity contribution in [3.63, 3.8) is 0 Å². The predicted octanol–water partition coefficient (Wildman–Crippen LogP) is 5.45. The Labute approximate surface area is 159 Å². The van der Waals surface area contributed by atoms with E-state index in [0.717, 1.165) is 6.42 Å². The highest BCUT2D eigenvalue weighted by atomic mass is 14.5. The fraction of sp³-hybridized carbons (Fsp3) is 0.185. The number of rotatable bonds is 1. The van der Waals surface area contributed by atoms with E-state index in [4.69, 9.17) is 0 Å². The topological polar surface area (TPSA) is 0 Å². The molecule has 3 unspecified atom stereocenters. The number of benzene rings is 3. The van der Waals surface area contributed by atoms with Crippen LogP contribution in [0.15, 0.2) is 67.3 Å². The Kier molecular flexibility index (Phi) is 2.76. The maximum atomic E-state index is 4.29. The zero-order valence-electron chi connectivity index (χ0n) is 15.6. The highest BCUT2D eigenvalue weighted by Crippen LogP contribution is 2.55. The average Bonchev–Trinajstić information content (AvgIpc) is 3.35. The van der Waals surface area contributed by atoms with Gasteiger partial charge in [-0.2, -0.15) is 0 Å². The Morgan fingerprint density at radius 1 is 1.07 bits per heavy atom. The molecule has 3 atom stereocenters. The number of hydrogen-bond acceptors (Lipinski definition) is 0. The smallest absolute Gasteiger partial charge is 0.0319 e. The van der Waals surface area contributed by atoms with Gasteiger partial charge < -0.3 is 0 Å². The molecular weight excluding hydrogens is 324 g/mol. The molecular formula is C27H22. The molecule has 0 aliphatic heterocycles. The first kappa shape index (κ1) is 15.2. The minimum atomic E-state index is 0.0510. The Morgan fingerprint density at radius 2 is 1.85 bits per heavy atom. The lowest BCUT2D eigenvalue weighted by molar-refractivity contribution is 0.677. The summed E-state index contributed by atoms with van der Waals surface area (Å²) in [6.45, 7) is 10.8. The molecule has 3 aromatic rings. The molecule has 1 fully saturated rings. The summed E-state index contributed by atoms with van der Waals surface area (Å²) in [5.41, 5.74) is 4.15. The Balaban J connectivity index is 1.95.